The molecule has 3 rings (SSSR count). The van der Waals surface area contributed by atoms with Gasteiger partial charge in [-0.15, -0.1) is 0 Å². The van der Waals surface area contributed by atoms with E-state index in [0.717, 1.165) is 23.0 Å². The number of imidazole rings is 1. The Hall–Kier alpha value is -2.76. The maximum atomic E-state index is 13.7. The Labute approximate surface area is 119 Å². The summed E-state index contributed by atoms with van der Waals surface area (Å²) in [5.74, 6) is -1.56. The van der Waals surface area contributed by atoms with Gasteiger partial charge in [0.05, 0.1) is 16.6 Å². The minimum atomic E-state index is -1.31. The molecule has 0 radical (unpaired) electrons. The number of aromatic carboxylic acids is 1. The van der Waals surface area contributed by atoms with Crippen LogP contribution in [-0.2, 0) is 0 Å². The Kier molecular flexibility index (Phi) is 2.94. The van der Waals surface area contributed by atoms with Crippen molar-refractivity contribution in [1.82, 2.24) is 15.0 Å². The second-order valence-electron chi connectivity index (χ2n) is 4.83. The average Bonchev–Trinajstić information content (AvgIpc) is 2.79. The second kappa shape index (κ2) is 4.66. The normalized spacial score (nSPS) is 11.0. The number of carboxylic acids is 1. The molecule has 0 aliphatic heterocycles. The number of aryl methyl sites for hydroxylation is 2. The van der Waals surface area contributed by atoms with Crippen molar-refractivity contribution < 1.29 is 14.3 Å². The molecular formula is C15H12FN3O2. The first-order valence-corrected chi connectivity index (χ1v) is 6.33. The fourth-order valence-corrected chi connectivity index (χ4v) is 2.26. The van der Waals surface area contributed by atoms with E-state index >= 15 is 0 Å². The van der Waals surface area contributed by atoms with Crippen molar-refractivity contribution in [3.63, 3.8) is 0 Å². The maximum Gasteiger partial charge on any atom is 0.338 e. The SMILES string of the molecule is Cc1ccc(-c2nc3cc(C(=O)O)c(F)cc3[nH]2)c(C)n1. The lowest BCUT2D eigenvalue weighted by atomic mass is 10.2. The van der Waals surface area contributed by atoms with E-state index in [9.17, 15) is 9.18 Å². The van der Waals surface area contributed by atoms with Crippen LogP contribution in [0, 0.1) is 19.7 Å². The molecule has 0 amide bonds. The van der Waals surface area contributed by atoms with Crippen LogP contribution in [0.2, 0.25) is 0 Å². The topological polar surface area (TPSA) is 78.9 Å². The minimum absolute atomic E-state index is 0.390. The number of carbonyl (C=O) groups is 1. The molecule has 2 heterocycles. The number of halogens is 1. The third-order valence-corrected chi connectivity index (χ3v) is 3.28. The Balaban J connectivity index is 2.19. The summed E-state index contributed by atoms with van der Waals surface area (Å²) in [7, 11) is 0. The van der Waals surface area contributed by atoms with Crippen molar-refractivity contribution in [2.24, 2.45) is 0 Å². The molecule has 0 aliphatic carbocycles. The number of benzene rings is 1. The maximum absolute atomic E-state index is 13.7. The van der Waals surface area contributed by atoms with E-state index in [2.05, 4.69) is 15.0 Å². The zero-order valence-electron chi connectivity index (χ0n) is 11.4. The van der Waals surface area contributed by atoms with Gasteiger partial charge in [0.15, 0.2) is 0 Å². The Bertz CT molecular complexity index is 871. The first kappa shape index (κ1) is 13.2. The molecule has 0 spiro atoms. The number of H-pyrrole nitrogens is 1. The van der Waals surface area contributed by atoms with E-state index in [1.54, 1.807) is 0 Å². The van der Waals surface area contributed by atoms with Crippen LogP contribution in [0.15, 0.2) is 24.3 Å². The highest BCUT2D eigenvalue weighted by Crippen LogP contribution is 2.24. The highest BCUT2D eigenvalue weighted by molar-refractivity contribution is 5.93. The summed E-state index contributed by atoms with van der Waals surface area (Å²) in [5.41, 5.74) is 2.96. The fourth-order valence-electron chi connectivity index (χ4n) is 2.26. The van der Waals surface area contributed by atoms with Gasteiger partial charge in [-0.1, -0.05) is 0 Å². The molecule has 0 atom stereocenters. The van der Waals surface area contributed by atoms with Crippen molar-refractivity contribution in [2.45, 2.75) is 13.8 Å². The van der Waals surface area contributed by atoms with Crippen LogP contribution in [-0.4, -0.2) is 26.0 Å². The van der Waals surface area contributed by atoms with E-state index in [1.807, 2.05) is 26.0 Å². The number of fused-ring (bicyclic) bond motifs is 1. The molecule has 0 bridgehead atoms. The highest BCUT2D eigenvalue weighted by atomic mass is 19.1. The van der Waals surface area contributed by atoms with Gasteiger partial charge in [-0.2, -0.15) is 0 Å². The smallest absolute Gasteiger partial charge is 0.338 e. The predicted molar refractivity (Wildman–Crippen MR) is 75.7 cm³/mol. The van der Waals surface area contributed by atoms with Gasteiger partial charge in [0.1, 0.15) is 11.6 Å². The number of hydrogen-bond acceptors (Lipinski definition) is 3. The molecule has 5 nitrogen and oxygen atoms in total. The Morgan fingerprint density at radius 3 is 2.67 bits per heavy atom. The zero-order valence-corrected chi connectivity index (χ0v) is 11.4. The number of aromatic nitrogens is 3. The lowest BCUT2D eigenvalue weighted by molar-refractivity contribution is 0.0692. The Morgan fingerprint density at radius 2 is 2.00 bits per heavy atom. The van der Waals surface area contributed by atoms with Gasteiger partial charge >= 0.3 is 5.97 Å². The van der Waals surface area contributed by atoms with Crippen LogP contribution >= 0.6 is 0 Å². The average molecular weight is 285 g/mol. The molecule has 0 unspecified atom stereocenters. The third kappa shape index (κ3) is 2.24. The lowest BCUT2D eigenvalue weighted by Crippen LogP contribution is -1.99. The van der Waals surface area contributed by atoms with Crippen LogP contribution in [0.5, 0.6) is 0 Å². The number of aromatic amines is 1. The van der Waals surface area contributed by atoms with Gasteiger partial charge in [-0.25, -0.2) is 14.2 Å². The molecule has 1 aromatic carbocycles. The van der Waals surface area contributed by atoms with Crippen LogP contribution in [0.1, 0.15) is 21.7 Å². The summed E-state index contributed by atoms with van der Waals surface area (Å²) in [6.07, 6.45) is 0. The monoisotopic (exact) mass is 285 g/mol. The number of pyridine rings is 1. The van der Waals surface area contributed by atoms with Crippen LogP contribution in [0.3, 0.4) is 0 Å². The zero-order chi connectivity index (χ0) is 15.1. The van der Waals surface area contributed by atoms with Crippen molar-refractivity contribution in [3.05, 3.63) is 47.0 Å². The van der Waals surface area contributed by atoms with Gasteiger partial charge in [0.2, 0.25) is 0 Å². The van der Waals surface area contributed by atoms with E-state index in [1.165, 1.54) is 6.07 Å². The van der Waals surface area contributed by atoms with Crippen LogP contribution in [0.4, 0.5) is 4.39 Å². The van der Waals surface area contributed by atoms with Gasteiger partial charge in [0.25, 0.3) is 0 Å². The second-order valence-corrected chi connectivity index (χ2v) is 4.83. The molecule has 6 heteroatoms. The largest absolute Gasteiger partial charge is 0.478 e. The standard InChI is InChI=1S/C15H12FN3O2/c1-7-3-4-9(8(2)17-7)14-18-12-5-10(15(20)21)11(16)6-13(12)19-14/h3-6H,1-2H3,(H,18,19)(H,20,21). The minimum Gasteiger partial charge on any atom is -0.478 e. The number of rotatable bonds is 2. The summed E-state index contributed by atoms with van der Waals surface area (Å²) >= 11 is 0. The molecular weight excluding hydrogens is 273 g/mol. The van der Waals surface area contributed by atoms with Crippen molar-refractivity contribution >= 4 is 17.0 Å². The predicted octanol–water partition coefficient (Wildman–Crippen LogP) is 3.08. The number of carboxylic acid groups (broad SMARTS) is 1. The summed E-state index contributed by atoms with van der Waals surface area (Å²) < 4.78 is 13.7. The van der Waals surface area contributed by atoms with E-state index < -0.39 is 11.8 Å². The number of nitrogens with one attached hydrogen (secondary N) is 1. The summed E-state index contributed by atoms with van der Waals surface area (Å²) in [6.45, 7) is 3.75. The third-order valence-electron chi connectivity index (χ3n) is 3.28. The molecule has 21 heavy (non-hydrogen) atoms. The number of nitrogens with zero attached hydrogens (tertiary/aromatic N) is 2. The first-order chi connectivity index (χ1) is 9.95. The molecule has 106 valence electrons. The first-order valence-electron chi connectivity index (χ1n) is 6.33. The van der Waals surface area contributed by atoms with Crippen molar-refractivity contribution in [3.8, 4) is 11.4 Å². The summed E-state index contributed by atoms with van der Waals surface area (Å²) in [4.78, 5) is 22.6. The molecule has 0 saturated heterocycles. The highest BCUT2D eigenvalue weighted by Gasteiger charge is 2.15. The quantitative estimate of drug-likeness (QED) is 0.758. The van der Waals surface area contributed by atoms with Gasteiger partial charge in [-0.3, -0.25) is 4.98 Å². The van der Waals surface area contributed by atoms with E-state index in [4.69, 9.17) is 5.11 Å². The molecule has 2 aromatic heterocycles. The molecule has 0 saturated carbocycles. The molecule has 0 fully saturated rings. The van der Waals surface area contributed by atoms with Crippen molar-refractivity contribution in [1.29, 1.82) is 0 Å². The Morgan fingerprint density at radius 1 is 1.24 bits per heavy atom. The summed E-state index contributed by atoms with van der Waals surface area (Å²) in [5, 5.41) is 8.94. The lowest BCUT2D eigenvalue weighted by Gasteiger charge is -2.02. The van der Waals surface area contributed by atoms with E-state index in [0.29, 0.717) is 16.9 Å². The van der Waals surface area contributed by atoms with Crippen LogP contribution in [0.25, 0.3) is 22.4 Å². The molecule has 3 aromatic rings. The number of hydrogen-bond donors (Lipinski definition) is 2. The van der Waals surface area contributed by atoms with E-state index in [-0.39, 0.29) is 5.56 Å². The fraction of sp³-hybridized carbons (Fsp3) is 0.133. The molecule has 0 aliphatic rings. The van der Waals surface area contributed by atoms with Crippen molar-refractivity contribution in [2.75, 3.05) is 0 Å². The molecule has 2 N–H and O–H groups in total. The van der Waals surface area contributed by atoms with Gasteiger partial charge in [-0.05, 0) is 32.0 Å². The van der Waals surface area contributed by atoms with Gasteiger partial charge < -0.3 is 10.1 Å². The van der Waals surface area contributed by atoms with Crippen LogP contribution < -0.4 is 0 Å². The van der Waals surface area contributed by atoms with Gasteiger partial charge in [0, 0.05) is 23.0 Å². The summed E-state index contributed by atoms with van der Waals surface area (Å²) in [6, 6.07) is 6.11.